The summed E-state index contributed by atoms with van der Waals surface area (Å²) in [6, 6.07) is 4.14. The van der Waals surface area contributed by atoms with E-state index in [0.29, 0.717) is 5.75 Å². The second kappa shape index (κ2) is 3.46. The fourth-order valence-electron chi connectivity index (χ4n) is 2.06. The van der Waals surface area contributed by atoms with E-state index in [4.69, 9.17) is 9.15 Å². The quantitative estimate of drug-likeness (QED) is 0.705. The van der Waals surface area contributed by atoms with Gasteiger partial charge >= 0.3 is 0 Å². The zero-order valence-electron chi connectivity index (χ0n) is 9.39. The summed E-state index contributed by atoms with van der Waals surface area (Å²) in [5.41, 5.74) is 0.266. The van der Waals surface area contributed by atoms with Crippen LogP contribution in [0.5, 0.6) is 11.5 Å². The number of carbonyl (C=O) groups is 2. The van der Waals surface area contributed by atoms with E-state index < -0.39 is 11.6 Å². The second-order valence-corrected chi connectivity index (χ2v) is 3.89. The molecule has 0 aliphatic heterocycles. The number of hydrogen-bond acceptors (Lipinski definition) is 5. The monoisotopic (exact) mass is 244 g/mol. The van der Waals surface area contributed by atoms with Gasteiger partial charge in [0.15, 0.2) is 5.76 Å². The Hall–Kier alpha value is -2.56. The third kappa shape index (κ3) is 1.21. The lowest BCUT2D eigenvalue weighted by molar-refractivity contribution is 0.0958. The van der Waals surface area contributed by atoms with Gasteiger partial charge in [-0.1, -0.05) is 0 Å². The van der Waals surface area contributed by atoms with Gasteiger partial charge < -0.3 is 14.3 Å². The van der Waals surface area contributed by atoms with Gasteiger partial charge in [0.2, 0.25) is 11.6 Å². The van der Waals surface area contributed by atoms with E-state index in [-0.39, 0.29) is 28.2 Å². The van der Waals surface area contributed by atoms with Crippen LogP contribution in [-0.2, 0) is 0 Å². The number of benzene rings is 1. The molecule has 0 radical (unpaired) electrons. The summed E-state index contributed by atoms with van der Waals surface area (Å²) in [5, 5.41) is 9.84. The lowest BCUT2D eigenvalue weighted by atomic mass is 9.88. The van der Waals surface area contributed by atoms with Crippen molar-refractivity contribution in [1.29, 1.82) is 0 Å². The highest BCUT2D eigenvalue weighted by Gasteiger charge is 2.35. The average Bonchev–Trinajstić information content (AvgIpc) is 2.84. The van der Waals surface area contributed by atoms with Gasteiger partial charge in [0.05, 0.1) is 24.5 Å². The van der Waals surface area contributed by atoms with Crippen LogP contribution in [0.15, 0.2) is 28.9 Å². The molecule has 0 spiro atoms. The molecule has 0 fully saturated rings. The summed E-state index contributed by atoms with van der Waals surface area (Å²) in [4.78, 5) is 24.2. The Kier molecular flexibility index (Phi) is 2.04. The second-order valence-electron chi connectivity index (χ2n) is 3.89. The van der Waals surface area contributed by atoms with Crippen LogP contribution in [-0.4, -0.2) is 23.8 Å². The molecule has 5 heteroatoms. The van der Waals surface area contributed by atoms with E-state index in [9.17, 15) is 14.7 Å². The van der Waals surface area contributed by atoms with Crippen LogP contribution in [0, 0.1) is 0 Å². The first-order valence-corrected chi connectivity index (χ1v) is 5.21. The highest BCUT2D eigenvalue weighted by Crippen LogP contribution is 2.36. The number of phenols is 1. The highest BCUT2D eigenvalue weighted by atomic mass is 16.5. The number of ether oxygens (including phenoxy) is 1. The standard InChI is InChI=1S/C13H8O5/c1-17-6-4-8-10(9(14)5-6)11(15)7-2-3-18-13(7)12(8)16/h2-5,14H,1H3. The lowest BCUT2D eigenvalue weighted by Gasteiger charge is -2.15. The van der Waals surface area contributed by atoms with Crippen molar-refractivity contribution in [2.45, 2.75) is 0 Å². The van der Waals surface area contributed by atoms with Crippen LogP contribution in [0.2, 0.25) is 0 Å². The molecule has 1 aliphatic rings. The first kappa shape index (κ1) is 10.6. The summed E-state index contributed by atoms with van der Waals surface area (Å²) >= 11 is 0. The van der Waals surface area contributed by atoms with E-state index in [1.165, 1.54) is 31.6 Å². The van der Waals surface area contributed by atoms with Gasteiger partial charge in [-0.3, -0.25) is 9.59 Å². The molecule has 0 saturated heterocycles. The molecule has 1 aromatic carbocycles. The summed E-state index contributed by atoms with van der Waals surface area (Å²) in [7, 11) is 1.41. The Bertz CT molecular complexity index is 681. The SMILES string of the molecule is COc1cc(O)c2c(c1)C(=O)c1occc1C2=O. The van der Waals surface area contributed by atoms with Gasteiger partial charge in [-0.05, 0) is 12.1 Å². The fraction of sp³-hybridized carbons (Fsp3) is 0.0769. The number of ketones is 2. The summed E-state index contributed by atoms with van der Waals surface area (Å²) in [6.45, 7) is 0. The lowest BCUT2D eigenvalue weighted by Crippen LogP contribution is -2.19. The fourth-order valence-corrected chi connectivity index (χ4v) is 2.06. The number of hydrogen-bond donors (Lipinski definition) is 1. The number of methoxy groups -OCH3 is 1. The molecule has 1 aliphatic carbocycles. The molecule has 0 atom stereocenters. The van der Waals surface area contributed by atoms with E-state index >= 15 is 0 Å². The Morgan fingerprint density at radius 1 is 1.17 bits per heavy atom. The minimum atomic E-state index is -0.432. The third-order valence-corrected chi connectivity index (χ3v) is 2.91. The Balaban J connectivity index is 2.33. The molecule has 0 amide bonds. The van der Waals surface area contributed by atoms with Crippen molar-refractivity contribution >= 4 is 11.6 Å². The number of carbonyl (C=O) groups excluding carboxylic acids is 2. The minimum Gasteiger partial charge on any atom is -0.507 e. The van der Waals surface area contributed by atoms with Gasteiger partial charge in [0, 0.05) is 11.6 Å². The zero-order valence-corrected chi connectivity index (χ0v) is 9.39. The number of aromatic hydroxyl groups is 1. The molecular formula is C13H8O5. The van der Waals surface area contributed by atoms with Crippen LogP contribution in [0.4, 0.5) is 0 Å². The maximum absolute atomic E-state index is 12.1. The molecule has 1 heterocycles. The van der Waals surface area contributed by atoms with Crippen molar-refractivity contribution in [2.24, 2.45) is 0 Å². The molecule has 3 rings (SSSR count). The average molecular weight is 244 g/mol. The van der Waals surface area contributed by atoms with E-state index in [1.807, 2.05) is 0 Å². The molecule has 0 unspecified atom stereocenters. The normalized spacial score (nSPS) is 13.2. The van der Waals surface area contributed by atoms with Crippen molar-refractivity contribution in [3.8, 4) is 11.5 Å². The highest BCUT2D eigenvalue weighted by molar-refractivity contribution is 6.28. The van der Waals surface area contributed by atoms with E-state index in [0.717, 1.165) is 0 Å². The van der Waals surface area contributed by atoms with Crippen molar-refractivity contribution < 1.29 is 23.8 Å². The topological polar surface area (TPSA) is 76.7 Å². The maximum Gasteiger partial charge on any atom is 0.229 e. The van der Waals surface area contributed by atoms with Crippen molar-refractivity contribution in [3.63, 3.8) is 0 Å². The van der Waals surface area contributed by atoms with Gasteiger partial charge in [-0.25, -0.2) is 0 Å². The van der Waals surface area contributed by atoms with Crippen molar-refractivity contribution in [3.05, 3.63) is 46.9 Å². The number of phenolic OH excluding ortho intramolecular Hbond substituents is 1. The summed E-state index contributed by atoms with van der Waals surface area (Å²) in [5.74, 6) is -0.815. The smallest absolute Gasteiger partial charge is 0.229 e. The van der Waals surface area contributed by atoms with Crippen LogP contribution < -0.4 is 4.74 Å². The van der Waals surface area contributed by atoms with Crippen molar-refractivity contribution in [2.75, 3.05) is 7.11 Å². The van der Waals surface area contributed by atoms with Crippen LogP contribution >= 0.6 is 0 Å². The number of fused-ring (bicyclic) bond motifs is 2. The Morgan fingerprint density at radius 3 is 2.67 bits per heavy atom. The van der Waals surface area contributed by atoms with Gasteiger partial charge in [-0.2, -0.15) is 0 Å². The number of furan rings is 1. The summed E-state index contributed by atoms with van der Waals surface area (Å²) in [6.07, 6.45) is 1.28. The van der Waals surface area contributed by atoms with Crippen LogP contribution in [0.3, 0.4) is 0 Å². The minimum absolute atomic E-state index is 0.000142. The molecule has 5 nitrogen and oxygen atoms in total. The van der Waals surface area contributed by atoms with Crippen LogP contribution in [0.25, 0.3) is 0 Å². The maximum atomic E-state index is 12.1. The largest absolute Gasteiger partial charge is 0.507 e. The van der Waals surface area contributed by atoms with E-state index in [2.05, 4.69) is 0 Å². The number of rotatable bonds is 1. The first-order valence-electron chi connectivity index (χ1n) is 5.21. The zero-order chi connectivity index (χ0) is 12.9. The van der Waals surface area contributed by atoms with E-state index in [1.54, 1.807) is 0 Å². The van der Waals surface area contributed by atoms with Crippen molar-refractivity contribution in [1.82, 2.24) is 0 Å². The molecular weight excluding hydrogens is 236 g/mol. The van der Waals surface area contributed by atoms with Gasteiger partial charge in [0.25, 0.3) is 0 Å². The molecule has 1 N–H and O–H groups in total. The first-order chi connectivity index (χ1) is 8.63. The molecule has 18 heavy (non-hydrogen) atoms. The van der Waals surface area contributed by atoms with Gasteiger partial charge in [0.1, 0.15) is 11.5 Å². The summed E-state index contributed by atoms with van der Waals surface area (Å²) < 4.78 is 9.98. The molecule has 1 aromatic heterocycles. The van der Waals surface area contributed by atoms with Crippen LogP contribution in [0.1, 0.15) is 32.0 Å². The predicted octanol–water partition coefficient (Wildman–Crippen LogP) is 1.77. The molecule has 0 saturated carbocycles. The molecule has 90 valence electrons. The Labute approximate surface area is 102 Å². The third-order valence-electron chi connectivity index (χ3n) is 2.91. The Morgan fingerprint density at radius 2 is 1.94 bits per heavy atom. The molecule has 0 bridgehead atoms. The predicted molar refractivity (Wildman–Crippen MR) is 60.2 cm³/mol. The van der Waals surface area contributed by atoms with Gasteiger partial charge in [-0.15, -0.1) is 0 Å². The molecule has 2 aromatic rings.